The van der Waals surface area contributed by atoms with E-state index >= 15 is 0 Å². The van der Waals surface area contributed by atoms with E-state index in [1.54, 1.807) is 0 Å². The summed E-state index contributed by atoms with van der Waals surface area (Å²) in [5.74, 6) is 0. The SMILES string of the molecule is CSC(=N)N1CCC1. The van der Waals surface area contributed by atoms with Gasteiger partial charge in [0.05, 0.1) is 0 Å². The van der Waals surface area contributed by atoms with Crippen LogP contribution in [0.4, 0.5) is 0 Å². The third-order valence-corrected chi connectivity index (χ3v) is 1.98. The van der Waals surface area contributed by atoms with Crippen molar-refractivity contribution in [2.75, 3.05) is 19.3 Å². The van der Waals surface area contributed by atoms with E-state index in [9.17, 15) is 0 Å². The maximum atomic E-state index is 7.28. The maximum absolute atomic E-state index is 7.28. The zero-order valence-electron chi connectivity index (χ0n) is 4.98. The summed E-state index contributed by atoms with van der Waals surface area (Å²) in [5.41, 5.74) is 0. The molecule has 0 bridgehead atoms. The van der Waals surface area contributed by atoms with Gasteiger partial charge in [0.2, 0.25) is 0 Å². The van der Waals surface area contributed by atoms with Gasteiger partial charge in [-0.15, -0.1) is 0 Å². The summed E-state index contributed by atoms with van der Waals surface area (Å²) < 4.78 is 0. The number of hydrogen-bond donors (Lipinski definition) is 1. The molecule has 2 nitrogen and oxygen atoms in total. The van der Waals surface area contributed by atoms with E-state index in [0.717, 1.165) is 18.3 Å². The molecule has 0 spiro atoms. The normalized spacial score (nSPS) is 17.9. The van der Waals surface area contributed by atoms with E-state index in [1.165, 1.54) is 18.2 Å². The lowest BCUT2D eigenvalue weighted by Crippen LogP contribution is -2.39. The number of rotatable bonds is 0. The molecule has 0 aromatic carbocycles. The molecule has 0 aliphatic carbocycles. The first-order valence-corrected chi connectivity index (χ1v) is 3.94. The summed E-state index contributed by atoms with van der Waals surface area (Å²) in [4.78, 5) is 2.07. The Hall–Kier alpha value is -0.180. The van der Waals surface area contributed by atoms with Crippen LogP contribution in [0, 0.1) is 5.41 Å². The van der Waals surface area contributed by atoms with Gasteiger partial charge in [0, 0.05) is 13.1 Å². The Balaban J connectivity index is 2.24. The number of nitrogens with one attached hydrogen (secondary N) is 1. The molecule has 0 amide bonds. The van der Waals surface area contributed by atoms with Crippen molar-refractivity contribution in [3.8, 4) is 0 Å². The third kappa shape index (κ3) is 0.968. The van der Waals surface area contributed by atoms with Gasteiger partial charge in [-0.05, 0) is 12.7 Å². The molecular weight excluding hydrogens is 120 g/mol. The number of amidine groups is 1. The molecule has 3 heteroatoms. The second-order valence-electron chi connectivity index (χ2n) is 1.85. The number of hydrogen-bond acceptors (Lipinski definition) is 2. The number of nitrogens with zero attached hydrogens (tertiary/aromatic N) is 1. The van der Waals surface area contributed by atoms with Crippen molar-refractivity contribution < 1.29 is 0 Å². The Morgan fingerprint density at radius 3 is 2.38 bits per heavy atom. The molecule has 0 unspecified atom stereocenters. The van der Waals surface area contributed by atoms with Crippen molar-refractivity contribution in [2.45, 2.75) is 6.42 Å². The lowest BCUT2D eigenvalue weighted by Gasteiger charge is -2.31. The summed E-state index contributed by atoms with van der Waals surface area (Å²) in [6, 6.07) is 0. The van der Waals surface area contributed by atoms with Gasteiger partial charge in [-0.2, -0.15) is 0 Å². The largest absolute Gasteiger partial charge is 0.352 e. The zero-order valence-corrected chi connectivity index (χ0v) is 5.79. The molecule has 1 heterocycles. The molecule has 1 aliphatic heterocycles. The van der Waals surface area contributed by atoms with Crippen LogP contribution in [0.25, 0.3) is 0 Å². The van der Waals surface area contributed by atoms with E-state index in [-0.39, 0.29) is 0 Å². The maximum Gasteiger partial charge on any atom is 0.156 e. The first-order valence-electron chi connectivity index (χ1n) is 2.72. The van der Waals surface area contributed by atoms with Crippen molar-refractivity contribution in [2.24, 2.45) is 0 Å². The van der Waals surface area contributed by atoms with Crippen LogP contribution >= 0.6 is 11.8 Å². The zero-order chi connectivity index (χ0) is 5.98. The van der Waals surface area contributed by atoms with Gasteiger partial charge >= 0.3 is 0 Å². The molecule has 1 saturated heterocycles. The average molecular weight is 130 g/mol. The highest BCUT2D eigenvalue weighted by Gasteiger charge is 2.15. The van der Waals surface area contributed by atoms with E-state index in [0.29, 0.717) is 0 Å². The summed E-state index contributed by atoms with van der Waals surface area (Å²) in [6.07, 6.45) is 3.21. The molecule has 0 aromatic heterocycles. The predicted octanol–water partition coefficient (Wildman–Crippen LogP) is 0.990. The van der Waals surface area contributed by atoms with Crippen LogP contribution in [0.2, 0.25) is 0 Å². The fraction of sp³-hybridized carbons (Fsp3) is 0.800. The minimum Gasteiger partial charge on any atom is -0.352 e. The monoisotopic (exact) mass is 130 g/mol. The fourth-order valence-corrected chi connectivity index (χ4v) is 1.09. The fourth-order valence-electron chi connectivity index (χ4n) is 0.648. The Kier molecular flexibility index (Phi) is 1.78. The summed E-state index contributed by atoms with van der Waals surface area (Å²) in [6.45, 7) is 2.19. The van der Waals surface area contributed by atoms with Gasteiger partial charge in [0.25, 0.3) is 0 Å². The van der Waals surface area contributed by atoms with Crippen LogP contribution in [-0.2, 0) is 0 Å². The van der Waals surface area contributed by atoms with Crippen LogP contribution < -0.4 is 0 Å². The summed E-state index contributed by atoms with van der Waals surface area (Å²) in [5, 5.41) is 8.00. The Morgan fingerprint density at radius 1 is 1.62 bits per heavy atom. The summed E-state index contributed by atoms with van der Waals surface area (Å²) in [7, 11) is 0. The molecule has 0 aromatic rings. The Morgan fingerprint density at radius 2 is 2.25 bits per heavy atom. The molecule has 8 heavy (non-hydrogen) atoms. The van der Waals surface area contributed by atoms with Crippen molar-refractivity contribution in [3.05, 3.63) is 0 Å². The molecule has 1 rings (SSSR count). The van der Waals surface area contributed by atoms with Crippen molar-refractivity contribution in [1.82, 2.24) is 4.90 Å². The van der Waals surface area contributed by atoms with E-state index in [2.05, 4.69) is 4.90 Å². The molecule has 1 fully saturated rings. The van der Waals surface area contributed by atoms with Crippen LogP contribution in [0.1, 0.15) is 6.42 Å². The highest BCUT2D eigenvalue weighted by Crippen LogP contribution is 2.11. The van der Waals surface area contributed by atoms with Gasteiger partial charge in [-0.3, -0.25) is 5.41 Å². The molecule has 0 radical (unpaired) electrons. The lowest BCUT2D eigenvalue weighted by molar-refractivity contribution is 0.304. The second-order valence-corrected chi connectivity index (χ2v) is 2.64. The smallest absolute Gasteiger partial charge is 0.156 e. The van der Waals surface area contributed by atoms with Gasteiger partial charge < -0.3 is 4.90 Å². The van der Waals surface area contributed by atoms with Gasteiger partial charge in [0.1, 0.15) is 0 Å². The van der Waals surface area contributed by atoms with E-state index < -0.39 is 0 Å². The summed E-state index contributed by atoms with van der Waals surface area (Å²) >= 11 is 1.52. The number of thioether (sulfide) groups is 1. The van der Waals surface area contributed by atoms with Crippen molar-refractivity contribution in [1.29, 1.82) is 5.41 Å². The van der Waals surface area contributed by atoms with Crippen LogP contribution in [0.3, 0.4) is 0 Å². The second kappa shape index (κ2) is 2.40. The quantitative estimate of drug-likeness (QED) is 0.391. The molecular formula is C5H10N2S. The average Bonchev–Trinajstić information content (AvgIpc) is 1.62. The van der Waals surface area contributed by atoms with E-state index in [1.807, 2.05) is 6.26 Å². The first-order chi connectivity index (χ1) is 3.84. The van der Waals surface area contributed by atoms with Gasteiger partial charge in [-0.25, -0.2) is 0 Å². The van der Waals surface area contributed by atoms with Gasteiger partial charge in [0.15, 0.2) is 5.17 Å². The lowest BCUT2D eigenvalue weighted by atomic mass is 10.2. The van der Waals surface area contributed by atoms with Crippen LogP contribution in [0.5, 0.6) is 0 Å². The Labute approximate surface area is 53.8 Å². The molecule has 0 saturated carbocycles. The van der Waals surface area contributed by atoms with Crippen LogP contribution in [0.15, 0.2) is 0 Å². The third-order valence-electron chi connectivity index (χ3n) is 1.34. The molecule has 1 aliphatic rings. The predicted molar refractivity (Wildman–Crippen MR) is 37.4 cm³/mol. The van der Waals surface area contributed by atoms with Gasteiger partial charge in [-0.1, -0.05) is 11.8 Å². The van der Waals surface area contributed by atoms with Crippen molar-refractivity contribution >= 4 is 16.9 Å². The minimum absolute atomic E-state index is 0.719. The first kappa shape index (κ1) is 5.95. The van der Waals surface area contributed by atoms with E-state index in [4.69, 9.17) is 5.41 Å². The van der Waals surface area contributed by atoms with Crippen molar-refractivity contribution in [3.63, 3.8) is 0 Å². The molecule has 1 N–H and O–H groups in total. The Bertz CT molecular complexity index is 98.6. The topological polar surface area (TPSA) is 27.1 Å². The standard InChI is InChI=1S/C5H10N2S/c1-8-5(6)7-3-2-4-7/h6H,2-4H2,1H3. The van der Waals surface area contributed by atoms with Crippen LogP contribution in [-0.4, -0.2) is 29.4 Å². The molecule has 0 atom stereocenters. The minimum atomic E-state index is 0.719. The highest BCUT2D eigenvalue weighted by molar-refractivity contribution is 8.13. The molecule has 46 valence electrons. The number of likely N-dealkylation sites (tertiary alicyclic amines) is 1. The highest BCUT2D eigenvalue weighted by atomic mass is 32.2.